The molecule has 2 aliphatic rings. The Bertz CT molecular complexity index is 736. The number of allylic oxidation sites excluding steroid dienone is 2. The van der Waals surface area contributed by atoms with Crippen molar-refractivity contribution in [2.75, 3.05) is 10.6 Å². The fourth-order valence-corrected chi connectivity index (χ4v) is 4.48. The maximum Gasteiger partial charge on any atom is 0.221 e. The van der Waals surface area contributed by atoms with E-state index in [0.29, 0.717) is 17.9 Å². The second-order valence-corrected chi connectivity index (χ2v) is 6.95. The van der Waals surface area contributed by atoms with Crippen LogP contribution in [0.5, 0.6) is 0 Å². The van der Waals surface area contributed by atoms with Gasteiger partial charge in [-0.2, -0.15) is 0 Å². The standard InChI is InChI=1S/C18H18N2OS/c1-11(21)19-12-7-8-16-15(10-12)13-4-2-5-14(13)18(20-16)17-6-3-9-22-17/h2-4,6-10,13-14,18,20H,5H2,1H3,(H,19,21). The van der Waals surface area contributed by atoms with Gasteiger partial charge < -0.3 is 10.6 Å². The first-order valence-corrected chi connectivity index (χ1v) is 8.48. The van der Waals surface area contributed by atoms with Crippen molar-refractivity contribution in [1.29, 1.82) is 0 Å². The highest BCUT2D eigenvalue weighted by atomic mass is 32.1. The first-order chi connectivity index (χ1) is 10.7. The number of amides is 1. The van der Waals surface area contributed by atoms with Crippen LogP contribution in [0.3, 0.4) is 0 Å². The first-order valence-electron chi connectivity index (χ1n) is 7.60. The van der Waals surface area contributed by atoms with Gasteiger partial charge in [-0.25, -0.2) is 0 Å². The SMILES string of the molecule is CC(=O)Nc1ccc2c(c1)C1C=CCC1C(c1cccs1)N2. The largest absolute Gasteiger partial charge is 0.377 e. The van der Waals surface area contributed by atoms with E-state index in [0.717, 1.165) is 12.1 Å². The quantitative estimate of drug-likeness (QED) is 0.800. The Labute approximate surface area is 134 Å². The number of rotatable bonds is 2. The van der Waals surface area contributed by atoms with Crippen LogP contribution in [0.1, 0.15) is 35.7 Å². The fourth-order valence-electron chi connectivity index (χ4n) is 3.63. The van der Waals surface area contributed by atoms with E-state index in [-0.39, 0.29) is 5.91 Å². The van der Waals surface area contributed by atoms with Crippen LogP contribution in [0.4, 0.5) is 11.4 Å². The van der Waals surface area contributed by atoms with Gasteiger partial charge in [0.05, 0.1) is 6.04 Å². The van der Waals surface area contributed by atoms with Gasteiger partial charge in [-0.15, -0.1) is 11.3 Å². The van der Waals surface area contributed by atoms with E-state index in [1.807, 2.05) is 17.4 Å². The highest BCUT2D eigenvalue weighted by Gasteiger charge is 2.38. The monoisotopic (exact) mass is 310 g/mol. The highest BCUT2D eigenvalue weighted by molar-refractivity contribution is 7.10. The van der Waals surface area contributed by atoms with Crippen molar-refractivity contribution >= 4 is 28.6 Å². The van der Waals surface area contributed by atoms with Gasteiger partial charge in [0.15, 0.2) is 0 Å². The third kappa shape index (κ3) is 2.24. The number of fused-ring (bicyclic) bond motifs is 3. The van der Waals surface area contributed by atoms with Crippen LogP contribution in [-0.2, 0) is 4.79 Å². The fraction of sp³-hybridized carbons (Fsp3) is 0.278. The van der Waals surface area contributed by atoms with Gasteiger partial charge >= 0.3 is 0 Å². The molecule has 1 aliphatic heterocycles. The Hall–Kier alpha value is -2.07. The predicted octanol–water partition coefficient (Wildman–Crippen LogP) is 4.53. The first kappa shape index (κ1) is 13.6. The zero-order valence-electron chi connectivity index (χ0n) is 12.4. The molecule has 1 amide bonds. The second kappa shape index (κ2) is 5.29. The molecule has 1 aromatic carbocycles. The number of benzene rings is 1. The molecule has 2 aromatic rings. The summed E-state index contributed by atoms with van der Waals surface area (Å²) in [6.07, 6.45) is 5.71. The van der Waals surface area contributed by atoms with Crippen LogP contribution >= 0.6 is 11.3 Å². The molecule has 1 aliphatic carbocycles. The molecule has 3 atom stereocenters. The predicted molar refractivity (Wildman–Crippen MR) is 91.4 cm³/mol. The zero-order valence-corrected chi connectivity index (χ0v) is 13.2. The summed E-state index contributed by atoms with van der Waals surface area (Å²) in [5.41, 5.74) is 3.35. The van der Waals surface area contributed by atoms with E-state index in [1.54, 1.807) is 6.92 Å². The maximum atomic E-state index is 11.3. The van der Waals surface area contributed by atoms with Crippen molar-refractivity contribution in [2.45, 2.75) is 25.3 Å². The minimum absolute atomic E-state index is 0.0290. The molecule has 0 spiro atoms. The molecule has 2 N–H and O–H groups in total. The Kier molecular flexibility index (Phi) is 3.26. The summed E-state index contributed by atoms with van der Waals surface area (Å²) in [5.74, 6) is 0.953. The number of nitrogens with one attached hydrogen (secondary N) is 2. The lowest BCUT2D eigenvalue weighted by Crippen LogP contribution is -2.28. The molecule has 112 valence electrons. The molecular weight excluding hydrogens is 292 g/mol. The highest BCUT2D eigenvalue weighted by Crippen LogP contribution is 2.50. The normalized spacial score (nSPS) is 25.2. The molecule has 3 unspecified atom stereocenters. The van der Waals surface area contributed by atoms with Gasteiger partial charge in [-0.1, -0.05) is 18.2 Å². The lowest BCUT2D eigenvalue weighted by atomic mass is 9.79. The van der Waals surface area contributed by atoms with Crippen molar-refractivity contribution in [2.24, 2.45) is 5.92 Å². The van der Waals surface area contributed by atoms with E-state index in [1.165, 1.54) is 16.1 Å². The van der Waals surface area contributed by atoms with E-state index in [4.69, 9.17) is 0 Å². The van der Waals surface area contributed by atoms with E-state index in [9.17, 15) is 4.79 Å². The zero-order chi connectivity index (χ0) is 15.1. The van der Waals surface area contributed by atoms with Gasteiger partial charge in [0.1, 0.15) is 0 Å². The van der Waals surface area contributed by atoms with Crippen LogP contribution in [0, 0.1) is 5.92 Å². The van der Waals surface area contributed by atoms with Crippen LogP contribution in [0.25, 0.3) is 0 Å². The van der Waals surface area contributed by atoms with Crippen molar-refractivity contribution in [3.63, 3.8) is 0 Å². The average molecular weight is 310 g/mol. The number of anilines is 2. The second-order valence-electron chi connectivity index (χ2n) is 5.97. The van der Waals surface area contributed by atoms with E-state index < -0.39 is 0 Å². The molecule has 0 radical (unpaired) electrons. The van der Waals surface area contributed by atoms with Crippen LogP contribution in [-0.4, -0.2) is 5.91 Å². The molecule has 22 heavy (non-hydrogen) atoms. The Morgan fingerprint density at radius 2 is 2.27 bits per heavy atom. The number of hydrogen-bond acceptors (Lipinski definition) is 3. The molecule has 0 fully saturated rings. The summed E-state index contributed by atoms with van der Waals surface area (Å²) >= 11 is 1.82. The summed E-state index contributed by atoms with van der Waals surface area (Å²) < 4.78 is 0. The molecule has 0 saturated heterocycles. The summed E-state index contributed by atoms with van der Waals surface area (Å²) in [5, 5.41) is 8.74. The Morgan fingerprint density at radius 1 is 1.36 bits per heavy atom. The van der Waals surface area contributed by atoms with E-state index in [2.05, 4.69) is 52.4 Å². The summed E-state index contributed by atoms with van der Waals surface area (Å²) in [7, 11) is 0. The number of hydrogen-bond donors (Lipinski definition) is 2. The summed E-state index contributed by atoms with van der Waals surface area (Å²) in [6.45, 7) is 1.54. The van der Waals surface area contributed by atoms with Gasteiger partial charge in [-0.3, -0.25) is 4.79 Å². The van der Waals surface area contributed by atoms with E-state index >= 15 is 0 Å². The smallest absolute Gasteiger partial charge is 0.221 e. The topological polar surface area (TPSA) is 41.1 Å². The molecule has 4 heteroatoms. The average Bonchev–Trinajstić information content (AvgIpc) is 3.17. The summed E-state index contributed by atoms with van der Waals surface area (Å²) in [6, 6.07) is 10.9. The van der Waals surface area contributed by atoms with Crippen LogP contribution in [0.2, 0.25) is 0 Å². The Morgan fingerprint density at radius 3 is 3.05 bits per heavy atom. The third-order valence-corrected chi connectivity index (χ3v) is 5.49. The molecule has 0 bridgehead atoms. The van der Waals surface area contributed by atoms with Crippen LogP contribution in [0.15, 0.2) is 47.9 Å². The van der Waals surface area contributed by atoms with Gasteiger partial charge in [-0.05, 0) is 47.5 Å². The molecular formula is C18H18N2OS. The van der Waals surface area contributed by atoms with Gasteiger partial charge in [0, 0.05) is 29.1 Å². The van der Waals surface area contributed by atoms with Gasteiger partial charge in [0.25, 0.3) is 0 Å². The summed E-state index contributed by atoms with van der Waals surface area (Å²) in [4.78, 5) is 12.7. The molecule has 0 saturated carbocycles. The lowest BCUT2D eigenvalue weighted by molar-refractivity contribution is -0.114. The number of thiophene rings is 1. The van der Waals surface area contributed by atoms with Crippen molar-refractivity contribution in [1.82, 2.24) is 0 Å². The van der Waals surface area contributed by atoms with Crippen molar-refractivity contribution in [3.8, 4) is 0 Å². The molecule has 1 aromatic heterocycles. The van der Waals surface area contributed by atoms with Crippen LogP contribution < -0.4 is 10.6 Å². The maximum absolute atomic E-state index is 11.3. The van der Waals surface area contributed by atoms with Crippen molar-refractivity contribution in [3.05, 3.63) is 58.3 Å². The molecule has 4 rings (SSSR count). The minimum atomic E-state index is -0.0290. The molecule has 2 heterocycles. The number of carbonyl (C=O) groups is 1. The third-order valence-electron chi connectivity index (χ3n) is 4.53. The minimum Gasteiger partial charge on any atom is -0.377 e. The Balaban J connectivity index is 1.73. The number of carbonyl (C=O) groups excluding carboxylic acids is 1. The van der Waals surface area contributed by atoms with Gasteiger partial charge in [0.2, 0.25) is 5.91 Å². The lowest BCUT2D eigenvalue weighted by Gasteiger charge is -2.37. The molecule has 3 nitrogen and oxygen atoms in total. The van der Waals surface area contributed by atoms with Crippen molar-refractivity contribution < 1.29 is 4.79 Å².